The van der Waals surface area contributed by atoms with E-state index in [1.807, 2.05) is 0 Å². The van der Waals surface area contributed by atoms with Gasteiger partial charge in [0.1, 0.15) is 0 Å². The highest BCUT2D eigenvalue weighted by Gasteiger charge is 2.42. The van der Waals surface area contributed by atoms with Gasteiger partial charge in [-0.15, -0.1) is 0 Å². The molecule has 0 bridgehead atoms. The number of aliphatic hydroxyl groups excluding tert-OH is 1. The molecule has 2 aliphatic rings. The van der Waals surface area contributed by atoms with E-state index in [4.69, 9.17) is 0 Å². The van der Waals surface area contributed by atoms with Crippen molar-refractivity contribution < 1.29 is 27.8 Å². The zero-order valence-electron chi connectivity index (χ0n) is 11.0. The molecule has 1 aliphatic carbocycles. The first-order chi connectivity index (χ1) is 9.36. The van der Waals surface area contributed by atoms with Gasteiger partial charge in [0.2, 0.25) is 6.29 Å². The van der Waals surface area contributed by atoms with Crippen molar-refractivity contribution in [3.05, 3.63) is 0 Å². The minimum atomic E-state index is -5.07. The summed E-state index contributed by atoms with van der Waals surface area (Å²) in [7, 11) is 0. The number of carbonyl (C=O) groups excluding carboxylic acids is 1. The molecule has 5 nitrogen and oxygen atoms in total. The van der Waals surface area contributed by atoms with Crippen molar-refractivity contribution in [3.63, 3.8) is 0 Å². The van der Waals surface area contributed by atoms with Gasteiger partial charge >= 0.3 is 12.1 Å². The fourth-order valence-corrected chi connectivity index (χ4v) is 2.41. The van der Waals surface area contributed by atoms with Gasteiger partial charge in [-0.2, -0.15) is 13.2 Å². The Labute approximate surface area is 115 Å². The Bertz CT molecular complexity index is 339. The third kappa shape index (κ3) is 4.60. The van der Waals surface area contributed by atoms with E-state index in [-0.39, 0.29) is 12.6 Å². The summed E-state index contributed by atoms with van der Waals surface area (Å²) in [6.07, 6.45) is -2.57. The van der Waals surface area contributed by atoms with Gasteiger partial charge in [0.05, 0.1) is 6.54 Å². The van der Waals surface area contributed by atoms with Gasteiger partial charge in [0.25, 0.3) is 0 Å². The number of hydrogen-bond donors (Lipinski definition) is 2. The fourth-order valence-electron chi connectivity index (χ4n) is 2.41. The van der Waals surface area contributed by atoms with Crippen molar-refractivity contribution in [3.8, 4) is 0 Å². The molecule has 1 heterocycles. The summed E-state index contributed by atoms with van der Waals surface area (Å²) in [5, 5.41) is 12.2. The predicted octanol–water partition coefficient (Wildman–Crippen LogP) is 0.627. The van der Waals surface area contributed by atoms with Crippen LogP contribution >= 0.6 is 0 Å². The number of ether oxygens (including phenoxy) is 1. The lowest BCUT2D eigenvalue weighted by Crippen LogP contribution is -2.46. The largest absolute Gasteiger partial charge is 0.491 e. The maximum atomic E-state index is 11.9. The standard InChI is InChI=1S/C12H19F3N2O3/c13-12(14,15)11(19)20-10(18)7-16-8-3-5-17(6-4-8)9-1-2-9/h8-10,16,18H,1-7H2. The molecule has 0 radical (unpaired) electrons. The number of esters is 1. The number of nitrogens with one attached hydrogen (secondary N) is 1. The van der Waals surface area contributed by atoms with Crippen LogP contribution < -0.4 is 5.32 Å². The first-order valence-electron chi connectivity index (χ1n) is 6.79. The van der Waals surface area contributed by atoms with Crippen LogP contribution in [0.4, 0.5) is 13.2 Å². The van der Waals surface area contributed by atoms with Gasteiger partial charge in [-0.05, 0) is 38.8 Å². The second-order valence-electron chi connectivity index (χ2n) is 5.31. The maximum absolute atomic E-state index is 11.9. The molecule has 20 heavy (non-hydrogen) atoms. The summed E-state index contributed by atoms with van der Waals surface area (Å²) in [4.78, 5) is 12.9. The molecular weight excluding hydrogens is 277 g/mol. The van der Waals surface area contributed by atoms with Gasteiger partial charge in [0, 0.05) is 12.1 Å². The lowest BCUT2D eigenvalue weighted by molar-refractivity contribution is -0.218. The Morgan fingerprint density at radius 1 is 1.30 bits per heavy atom. The molecule has 1 saturated heterocycles. The van der Waals surface area contributed by atoms with Crippen LogP contribution in [0.15, 0.2) is 0 Å². The highest BCUT2D eigenvalue weighted by atomic mass is 19.4. The molecule has 2 fully saturated rings. The smallest absolute Gasteiger partial charge is 0.428 e. The van der Waals surface area contributed by atoms with Crippen LogP contribution in [-0.4, -0.2) is 60.2 Å². The average molecular weight is 296 g/mol. The number of halogens is 3. The number of likely N-dealkylation sites (tertiary alicyclic amines) is 1. The summed E-state index contributed by atoms with van der Waals surface area (Å²) >= 11 is 0. The summed E-state index contributed by atoms with van der Waals surface area (Å²) < 4.78 is 39.6. The third-order valence-corrected chi connectivity index (χ3v) is 3.65. The molecule has 0 aromatic rings. The van der Waals surface area contributed by atoms with E-state index in [9.17, 15) is 23.1 Å². The number of alkyl halides is 3. The Balaban J connectivity index is 1.61. The second-order valence-corrected chi connectivity index (χ2v) is 5.31. The minimum Gasteiger partial charge on any atom is -0.428 e. The quantitative estimate of drug-likeness (QED) is 0.575. The Morgan fingerprint density at radius 3 is 2.40 bits per heavy atom. The van der Waals surface area contributed by atoms with E-state index in [0.29, 0.717) is 6.04 Å². The number of hydrogen-bond acceptors (Lipinski definition) is 5. The van der Waals surface area contributed by atoms with Crippen LogP contribution in [0.2, 0.25) is 0 Å². The van der Waals surface area contributed by atoms with Gasteiger partial charge < -0.3 is 20.1 Å². The molecule has 0 amide bonds. The van der Waals surface area contributed by atoms with Crippen LogP contribution in [0.5, 0.6) is 0 Å². The summed E-state index contributed by atoms with van der Waals surface area (Å²) in [6.45, 7) is 1.73. The van der Waals surface area contributed by atoms with Crippen molar-refractivity contribution in [1.29, 1.82) is 0 Å². The SMILES string of the molecule is O=C(OC(O)CNC1CCN(C2CC2)CC1)C(F)(F)F. The molecule has 1 atom stereocenters. The minimum absolute atomic E-state index is 0.143. The van der Waals surface area contributed by atoms with Crippen molar-refractivity contribution in [1.82, 2.24) is 10.2 Å². The average Bonchev–Trinajstić information content (AvgIpc) is 3.20. The first-order valence-corrected chi connectivity index (χ1v) is 6.79. The summed E-state index contributed by atoms with van der Waals surface area (Å²) in [5.41, 5.74) is 0. The third-order valence-electron chi connectivity index (χ3n) is 3.65. The molecule has 116 valence electrons. The monoisotopic (exact) mass is 296 g/mol. The molecule has 2 rings (SSSR count). The summed E-state index contributed by atoms with van der Waals surface area (Å²) in [6, 6.07) is 0.860. The Hall–Kier alpha value is -0.860. The highest BCUT2D eigenvalue weighted by molar-refractivity contribution is 5.75. The molecule has 0 aromatic carbocycles. The number of piperidine rings is 1. The zero-order valence-corrected chi connectivity index (χ0v) is 11.0. The topological polar surface area (TPSA) is 61.8 Å². The van der Waals surface area contributed by atoms with Gasteiger partial charge in [-0.25, -0.2) is 4.79 Å². The van der Waals surface area contributed by atoms with Crippen LogP contribution in [0, 0.1) is 0 Å². The zero-order chi connectivity index (χ0) is 14.8. The van der Waals surface area contributed by atoms with E-state index in [1.54, 1.807) is 0 Å². The molecule has 8 heteroatoms. The molecule has 1 saturated carbocycles. The van der Waals surface area contributed by atoms with Crippen LogP contribution in [0.3, 0.4) is 0 Å². The molecule has 2 N–H and O–H groups in total. The first kappa shape index (κ1) is 15.5. The van der Waals surface area contributed by atoms with E-state index in [2.05, 4.69) is 15.0 Å². The molecule has 0 aromatic heterocycles. The van der Waals surface area contributed by atoms with Crippen LogP contribution in [0.1, 0.15) is 25.7 Å². The van der Waals surface area contributed by atoms with Crippen molar-refractivity contribution in [2.24, 2.45) is 0 Å². The normalized spacial score (nSPS) is 23.6. The lowest BCUT2D eigenvalue weighted by atomic mass is 10.1. The van der Waals surface area contributed by atoms with Gasteiger partial charge in [-0.1, -0.05) is 0 Å². The van der Waals surface area contributed by atoms with E-state index in [1.165, 1.54) is 12.8 Å². The van der Waals surface area contributed by atoms with Crippen molar-refractivity contribution >= 4 is 5.97 Å². The molecule has 1 aliphatic heterocycles. The second kappa shape index (κ2) is 6.28. The number of nitrogens with zero attached hydrogens (tertiary/aromatic N) is 1. The van der Waals surface area contributed by atoms with Gasteiger partial charge in [-0.3, -0.25) is 0 Å². The van der Waals surface area contributed by atoms with Crippen LogP contribution in [0.25, 0.3) is 0 Å². The van der Waals surface area contributed by atoms with Gasteiger partial charge in [0.15, 0.2) is 0 Å². The lowest BCUT2D eigenvalue weighted by Gasteiger charge is -2.32. The predicted molar refractivity (Wildman–Crippen MR) is 63.8 cm³/mol. The number of carbonyl (C=O) groups is 1. The maximum Gasteiger partial charge on any atom is 0.491 e. The molecule has 0 spiro atoms. The fraction of sp³-hybridized carbons (Fsp3) is 0.917. The molecular formula is C12H19F3N2O3. The highest BCUT2D eigenvalue weighted by Crippen LogP contribution is 2.29. The van der Waals surface area contributed by atoms with E-state index in [0.717, 1.165) is 25.9 Å². The number of aliphatic hydroxyl groups is 1. The Morgan fingerprint density at radius 2 is 1.90 bits per heavy atom. The van der Waals surface area contributed by atoms with E-state index < -0.39 is 18.4 Å². The Kier molecular flexibility index (Phi) is 4.87. The molecule has 1 unspecified atom stereocenters. The summed E-state index contributed by atoms with van der Waals surface area (Å²) in [5.74, 6) is -2.37. The van der Waals surface area contributed by atoms with Crippen LogP contribution in [-0.2, 0) is 9.53 Å². The van der Waals surface area contributed by atoms with Crippen molar-refractivity contribution in [2.75, 3.05) is 19.6 Å². The van der Waals surface area contributed by atoms with E-state index >= 15 is 0 Å². The number of rotatable bonds is 5. The van der Waals surface area contributed by atoms with Crippen molar-refractivity contribution in [2.45, 2.75) is 50.2 Å².